The van der Waals surface area contributed by atoms with Crippen molar-refractivity contribution in [3.05, 3.63) is 29.0 Å². The van der Waals surface area contributed by atoms with Gasteiger partial charge in [0, 0.05) is 25.4 Å². The largest absolute Gasteiger partial charge is 0.372 e. The van der Waals surface area contributed by atoms with Gasteiger partial charge in [-0.15, -0.1) is 11.3 Å². The van der Waals surface area contributed by atoms with E-state index in [1.165, 1.54) is 0 Å². The molecule has 0 aliphatic heterocycles. The second-order valence-corrected chi connectivity index (χ2v) is 3.91. The van der Waals surface area contributed by atoms with E-state index in [4.69, 9.17) is 0 Å². The van der Waals surface area contributed by atoms with Gasteiger partial charge < -0.3 is 10.6 Å². The number of rotatable bonds is 5. The average molecular weight is 235 g/mol. The molecule has 0 spiro atoms. The minimum absolute atomic E-state index is 0.763. The molecule has 84 valence electrons. The first-order valence-electron chi connectivity index (χ1n) is 4.99. The molecule has 0 radical (unpaired) electrons. The van der Waals surface area contributed by atoms with Gasteiger partial charge in [0.2, 0.25) is 0 Å². The van der Waals surface area contributed by atoms with Crippen molar-refractivity contribution in [2.24, 2.45) is 0 Å². The molecule has 0 saturated carbocycles. The number of hydrogen-bond acceptors (Lipinski definition) is 6. The van der Waals surface area contributed by atoms with Gasteiger partial charge in [-0.1, -0.05) is 0 Å². The molecular weight excluding hydrogens is 222 g/mol. The van der Waals surface area contributed by atoms with E-state index < -0.39 is 0 Å². The summed E-state index contributed by atoms with van der Waals surface area (Å²) in [5, 5.41) is 8.21. The summed E-state index contributed by atoms with van der Waals surface area (Å²) in [6.07, 6.45) is 4.29. The fraction of sp³-hybridized carbons (Fsp3) is 0.300. The molecule has 5 nitrogen and oxygen atoms in total. The molecule has 0 aliphatic carbocycles. The lowest BCUT2D eigenvalue weighted by Gasteiger charge is -2.05. The van der Waals surface area contributed by atoms with Crippen LogP contribution in [0.4, 0.5) is 11.6 Å². The van der Waals surface area contributed by atoms with Crippen LogP contribution in [0.2, 0.25) is 0 Å². The van der Waals surface area contributed by atoms with Crippen molar-refractivity contribution in [1.82, 2.24) is 15.0 Å². The maximum Gasteiger partial charge on any atom is 0.146 e. The maximum atomic E-state index is 4.31. The van der Waals surface area contributed by atoms with Gasteiger partial charge in [-0.2, -0.15) is 0 Å². The molecule has 6 heteroatoms. The molecule has 2 N–H and O–H groups in total. The Bertz CT molecular complexity index is 429. The van der Waals surface area contributed by atoms with Crippen LogP contribution in [0.15, 0.2) is 23.3 Å². The fourth-order valence-corrected chi connectivity index (χ4v) is 1.84. The molecule has 0 unspecified atom stereocenters. The third kappa shape index (κ3) is 2.90. The van der Waals surface area contributed by atoms with E-state index in [0.29, 0.717) is 0 Å². The third-order valence-electron chi connectivity index (χ3n) is 2.06. The first-order chi connectivity index (χ1) is 7.88. The summed E-state index contributed by atoms with van der Waals surface area (Å²) in [5.74, 6) is 1.54. The van der Waals surface area contributed by atoms with Crippen molar-refractivity contribution < 1.29 is 0 Å². The SMILES string of the molecule is CNc1cncc(NCCc2cscn2)n1. The lowest BCUT2D eigenvalue weighted by Crippen LogP contribution is -2.07. The van der Waals surface area contributed by atoms with Crippen LogP contribution in [0.5, 0.6) is 0 Å². The van der Waals surface area contributed by atoms with Crippen molar-refractivity contribution >= 4 is 23.0 Å². The molecular formula is C10H13N5S. The van der Waals surface area contributed by atoms with Gasteiger partial charge in [-0.05, 0) is 0 Å². The third-order valence-corrected chi connectivity index (χ3v) is 2.70. The maximum absolute atomic E-state index is 4.31. The standard InChI is InChI=1S/C10H13N5S/c1-11-9-4-12-5-10(15-9)13-3-2-8-6-16-7-14-8/h4-7H,2-3H2,1H3,(H2,11,13,15). The molecule has 0 bridgehead atoms. The minimum Gasteiger partial charge on any atom is -0.372 e. The van der Waals surface area contributed by atoms with Crippen LogP contribution in [0.1, 0.15) is 5.69 Å². The number of thiazole rings is 1. The Kier molecular flexibility index (Phi) is 3.66. The van der Waals surface area contributed by atoms with Crippen molar-refractivity contribution in [2.45, 2.75) is 6.42 Å². The van der Waals surface area contributed by atoms with Gasteiger partial charge in [0.15, 0.2) is 0 Å². The van der Waals surface area contributed by atoms with E-state index in [1.807, 2.05) is 12.6 Å². The van der Waals surface area contributed by atoms with E-state index in [0.717, 1.165) is 30.3 Å². The van der Waals surface area contributed by atoms with Crippen LogP contribution in [0, 0.1) is 0 Å². The molecule has 0 aromatic carbocycles. The van der Waals surface area contributed by atoms with Gasteiger partial charge in [-0.3, -0.25) is 4.98 Å². The Morgan fingerprint density at radius 2 is 2.19 bits per heavy atom. The molecule has 0 fully saturated rings. The van der Waals surface area contributed by atoms with Gasteiger partial charge in [0.1, 0.15) is 11.6 Å². The second-order valence-electron chi connectivity index (χ2n) is 3.20. The van der Waals surface area contributed by atoms with Crippen molar-refractivity contribution in [2.75, 3.05) is 24.2 Å². The van der Waals surface area contributed by atoms with Gasteiger partial charge in [0.25, 0.3) is 0 Å². The molecule has 16 heavy (non-hydrogen) atoms. The van der Waals surface area contributed by atoms with Crippen LogP contribution in [-0.2, 0) is 6.42 Å². The summed E-state index contributed by atoms with van der Waals surface area (Å²) in [6, 6.07) is 0. The van der Waals surface area contributed by atoms with Crippen LogP contribution < -0.4 is 10.6 Å². The summed E-state index contributed by atoms with van der Waals surface area (Å²) in [6.45, 7) is 0.811. The quantitative estimate of drug-likeness (QED) is 0.824. The highest BCUT2D eigenvalue weighted by Crippen LogP contribution is 2.06. The number of aromatic nitrogens is 3. The zero-order chi connectivity index (χ0) is 11.2. The predicted octanol–water partition coefficient (Wildman–Crippen LogP) is 1.63. The van der Waals surface area contributed by atoms with Crippen LogP contribution in [0.25, 0.3) is 0 Å². The van der Waals surface area contributed by atoms with E-state index in [2.05, 4.69) is 31.0 Å². The Morgan fingerprint density at radius 1 is 1.31 bits per heavy atom. The van der Waals surface area contributed by atoms with Crippen LogP contribution in [-0.4, -0.2) is 28.5 Å². The normalized spacial score (nSPS) is 10.1. The molecule has 0 amide bonds. The zero-order valence-electron chi connectivity index (χ0n) is 8.97. The van der Waals surface area contributed by atoms with E-state index in [-0.39, 0.29) is 0 Å². The van der Waals surface area contributed by atoms with Gasteiger partial charge in [0.05, 0.1) is 23.6 Å². The van der Waals surface area contributed by atoms with E-state index in [9.17, 15) is 0 Å². The number of anilines is 2. The van der Waals surface area contributed by atoms with Crippen molar-refractivity contribution in [1.29, 1.82) is 0 Å². The first-order valence-corrected chi connectivity index (χ1v) is 5.93. The Labute approximate surface area is 98.0 Å². The summed E-state index contributed by atoms with van der Waals surface area (Å²) in [4.78, 5) is 12.6. The van der Waals surface area contributed by atoms with Gasteiger partial charge >= 0.3 is 0 Å². The Hall–Kier alpha value is -1.69. The predicted molar refractivity (Wildman–Crippen MR) is 65.9 cm³/mol. The zero-order valence-corrected chi connectivity index (χ0v) is 9.79. The average Bonchev–Trinajstić information content (AvgIpc) is 2.82. The summed E-state index contributed by atoms with van der Waals surface area (Å²) >= 11 is 1.62. The van der Waals surface area contributed by atoms with Crippen molar-refractivity contribution in [3.63, 3.8) is 0 Å². The summed E-state index contributed by atoms with van der Waals surface area (Å²) < 4.78 is 0. The highest BCUT2D eigenvalue weighted by atomic mass is 32.1. The van der Waals surface area contributed by atoms with Crippen molar-refractivity contribution in [3.8, 4) is 0 Å². The lowest BCUT2D eigenvalue weighted by molar-refractivity contribution is 0.964. The topological polar surface area (TPSA) is 62.7 Å². The van der Waals surface area contributed by atoms with E-state index in [1.54, 1.807) is 23.7 Å². The molecule has 2 rings (SSSR count). The Balaban J connectivity index is 1.85. The highest BCUT2D eigenvalue weighted by Gasteiger charge is 1.98. The van der Waals surface area contributed by atoms with Gasteiger partial charge in [-0.25, -0.2) is 9.97 Å². The second kappa shape index (κ2) is 5.41. The molecule has 0 saturated heterocycles. The molecule has 2 aromatic heterocycles. The Morgan fingerprint density at radius 3 is 2.94 bits per heavy atom. The van der Waals surface area contributed by atoms with Crippen LogP contribution in [0.3, 0.4) is 0 Å². The molecule has 0 atom stereocenters. The number of nitrogens with zero attached hydrogens (tertiary/aromatic N) is 3. The lowest BCUT2D eigenvalue weighted by atomic mass is 10.3. The monoisotopic (exact) mass is 235 g/mol. The number of hydrogen-bond donors (Lipinski definition) is 2. The van der Waals surface area contributed by atoms with E-state index >= 15 is 0 Å². The summed E-state index contributed by atoms with van der Waals surface area (Å²) in [5.41, 5.74) is 2.95. The first kappa shape index (κ1) is 10.8. The summed E-state index contributed by atoms with van der Waals surface area (Å²) in [7, 11) is 1.82. The fourth-order valence-electron chi connectivity index (χ4n) is 1.25. The molecule has 2 heterocycles. The minimum atomic E-state index is 0.763. The smallest absolute Gasteiger partial charge is 0.146 e. The highest BCUT2D eigenvalue weighted by molar-refractivity contribution is 7.07. The molecule has 0 aliphatic rings. The molecule has 2 aromatic rings. The van der Waals surface area contributed by atoms with Crippen LogP contribution >= 0.6 is 11.3 Å². The number of nitrogens with one attached hydrogen (secondary N) is 2.